The molecule has 1 aliphatic heterocycles. The summed E-state index contributed by atoms with van der Waals surface area (Å²) in [6.07, 6.45) is 0.240. The van der Waals surface area contributed by atoms with Crippen LogP contribution in [-0.2, 0) is 20.8 Å². The van der Waals surface area contributed by atoms with Crippen molar-refractivity contribution < 1.29 is 28.7 Å². The molecule has 1 aliphatic rings. The van der Waals surface area contributed by atoms with E-state index in [4.69, 9.17) is 9.47 Å². The molecule has 0 spiro atoms. The Kier molecular flexibility index (Phi) is 12.0. The molecule has 3 aromatic carbocycles. The lowest BCUT2D eigenvalue weighted by molar-refractivity contribution is -0.135. The van der Waals surface area contributed by atoms with Crippen molar-refractivity contribution in [1.29, 1.82) is 0 Å². The summed E-state index contributed by atoms with van der Waals surface area (Å²) >= 11 is 0. The zero-order valence-corrected chi connectivity index (χ0v) is 26.1. The first-order chi connectivity index (χ1) is 21.7. The van der Waals surface area contributed by atoms with Crippen molar-refractivity contribution in [3.8, 4) is 11.5 Å². The Hall–Kier alpha value is -4.86. The molecule has 0 saturated carbocycles. The summed E-state index contributed by atoms with van der Waals surface area (Å²) < 4.78 is 11.7. The third-order valence-electron chi connectivity index (χ3n) is 7.61. The third kappa shape index (κ3) is 9.82. The summed E-state index contributed by atoms with van der Waals surface area (Å²) in [5.41, 5.74) is 2.35. The first-order valence-corrected chi connectivity index (χ1v) is 15.3. The normalized spacial score (nSPS) is 18.0. The van der Waals surface area contributed by atoms with E-state index in [9.17, 15) is 19.2 Å². The van der Waals surface area contributed by atoms with Crippen LogP contribution in [0.15, 0.2) is 78.9 Å². The summed E-state index contributed by atoms with van der Waals surface area (Å²) in [5, 5.41) is 8.43. The Morgan fingerprint density at radius 1 is 0.978 bits per heavy atom. The van der Waals surface area contributed by atoms with Crippen LogP contribution in [0.3, 0.4) is 0 Å². The lowest BCUT2D eigenvalue weighted by Crippen LogP contribution is -2.50. The Morgan fingerprint density at radius 2 is 1.69 bits per heavy atom. The Morgan fingerprint density at radius 3 is 2.42 bits per heavy atom. The fraction of sp³-hybridized carbons (Fsp3) is 0.371. The van der Waals surface area contributed by atoms with Crippen molar-refractivity contribution in [3.05, 3.63) is 95.6 Å². The standard InChI is InChI=1S/C35H42N4O6/c1-24(2)26-13-15-27(16-14-26)44-21-19-36-34(42)29-17-18-32(40)37-30(23-25-9-5-4-6-10-25)35(43)39(3)20-22-45-31-12-8-7-11-28(31)33(41)38-29/h4-16,24,29-30H,17-23H2,1-3H3,(H,36,42)(H,37,40)(H,38,41)/t29-,30-/m0/s1. The van der Waals surface area contributed by atoms with E-state index in [1.54, 1.807) is 31.3 Å². The number of hydrogen-bond acceptors (Lipinski definition) is 6. The molecule has 0 radical (unpaired) electrons. The fourth-order valence-electron chi connectivity index (χ4n) is 4.96. The maximum absolute atomic E-state index is 13.4. The molecule has 4 amide bonds. The zero-order valence-electron chi connectivity index (χ0n) is 26.1. The maximum Gasteiger partial charge on any atom is 0.255 e. The van der Waals surface area contributed by atoms with E-state index in [0.29, 0.717) is 23.8 Å². The molecular weight excluding hydrogens is 572 g/mol. The van der Waals surface area contributed by atoms with E-state index < -0.39 is 29.8 Å². The van der Waals surface area contributed by atoms with Crippen LogP contribution in [0.2, 0.25) is 0 Å². The largest absolute Gasteiger partial charge is 0.492 e. The number of amides is 4. The van der Waals surface area contributed by atoms with Crippen LogP contribution in [0.25, 0.3) is 0 Å². The number of carbonyl (C=O) groups excluding carboxylic acids is 4. The molecule has 0 saturated heterocycles. The van der Waals surface area contributed by atoms with Crippen LogP contribution in [0.5, 0.6) is 11.5 Å². The van der Waals surface area contributed by atoms with Crippen LogP contribution < -0.4 is 25.4 Å². The van der Waals surface area contributed by atoms with Gasteiger partial charge in [0.05, 0.1) is 18.7 Å². The molecule has 3 N–H and O–H groups in total. The molecule has 0 bridgehead atoms. The Labute approximate surface area is 264 Å². The number of para-hydroxylation sites is 1. The van der Waals surface area contributed by atoms with Gasteiger partial charge in [0, 0.05) is 19.9 Å². The first kappa shape index (κ1) is 33.0. The number of nitrogens with zero attached hydrogens (tertiary/aromatic N) is 1. The van der Waals surface area contributed by atoms with E-state index in [-0.39, 0.29) is 50.6 Å². The SMILES string of the molecule is CC(C)c1ccc(OCCNC(=O)[C@@H]2CCC(=O)N[C@@H](Cc3ccccc3)C(=O)N(C)CCOc3ccccc3C(=O)N2)cc1. The van der Waals surface area contributed by atoms with Gasteiger partial charge >= 0.3 is 0 Å². The van der Waals surface area contributed by atoms with Gasteiger partial charge < -0.3 is 30.3 Å². The lowest BCUT2D eigenvalue weighted by Gasteiger charge is -2.25. The second-order valence-electron chi connectivity index (χ2n) is 11.3. The molecule has 238 valence electrons. The van der Waals surface area contributed by atoms with Crippen LogP contribution in [-0.4, -0.2) is 74.0 Å². The van der Waals surface area contributed by atoms with E-state index in [0.717, 1.165) is 5.56 Å². The van der Waals surface area contributed by atoms with Gasteiger partial charge in [-0.3, -0.25) is 19.2 Å². The molecule has 0 aromatic heterocycles. The van der Waals surface area contributed by atoms with Crippen molar-refractivity contribution in [2.24, 2.45) is 0 Å². The van der Waals surface area contributed by atoms with E-state index in [1.165, 1.54) is 10.5 Å². The molecular formula is C35H42N4O6. The lowest BCUT2D eigenvalue weighted by atomic mass is 10.0. The minimum Gasteiger partial charge on any atom is -0.492 e. The fourth-order valence-corrected chi connectivity index (χ4v) is 4.96. The first-order valence-electron chi connectivity index (χ1n) is 15.3. The van der Waals surface area contributed by atoms with Crippen molar-refractivity contribution in [3.63, 3.8) is 0 Å². The van der Waals surface area contributed by atoms with Crippen LogP contribution in [0.1, 0.15) is 54.1 Å². The molecule has 4 rings (SSSR count). The summed E-state index contributed by atoms with van der Waals surface area (Å²) in [6.45, 7) is 5.03. The summed E-state index contributed by atoms with van der Waals surface area (Å²) in [7, 11) is 1.65. The summed E-state index contributed by atoms with van der Waals surface area (Å²) in [5.74, 6) is -0.185. The number of fused-ring (bicyclic) bond motifs is 1. The molecule has 2 atom stereocenters. The van der Waals surface area contributed by atoms with Crippen molar-refractivity contribution in [2.75, 3.05) is 33.4 Å². The van der Waals surface area contributed by atoms with Gasteiger partial charge in [0.2, 0.25) is 17.7 Å². The highest BCUT2D eigenvalue weighted by Gasteiger charge is 2.28. The topological polar surface area (TPSA) is 126 Å². The zero-order chi connectivity index (χ0) is 32.2. The number of hydrogen-bond donors (Lipinski definition) is 3. The monoisotopic (exact) mass is 614 g/mol. The van der Waals surface area contributed by atoms with Gasteiger partial charge in [-0.05, 0) is 47.7 Å². The van der Waals surface area contributed by atoms with E-state index >= 15 is 0 Å². The molecule has 0 fully saturated rings. The van der Waals surface area contributed by atoms with Crippen molar-refractivity contribution in [1.82, 2.24) is 20.9 Å². The molecule has 1 heterocycles. The number of benzene rings is 3. The Bertz CT molecular complexity index is 1440. The van der Waals surface area contributed by atoms with Gasteiger partial charge in [-0.1, -0.05) is 68.4 Å². The molecule has 10 nitrogen and oxygen atoms in total. The number of carbonyl (C=O) groups is 4. The van der Waals surface area contributed by atoms with Gasteiger partial charge in [0.1, 0.15) is 36.8 Å². The average Bonchev–Trinajstić information content (AvgIpc) is 3.04. The highest BCUT2D eigenvalue weighted by Crippen LogP contribution is 2.20. The Balaban J connectivity index is 1.46. The number of rotatable bonds is 8. The van der Waals surface area contributed by atoms with E-state index in [2.05, 4.69) is 29.8 Å². The summed E-state index contributed by atoms with van der Waals surface area (Å²) in [6, 6.07) is 22.1. The van der Waals surface area contributed by atoms with Gasteiger partial charge in [0.15, 0.2) is 0 Å². The predicted molar refractivity (Wildman–Crippen MR) is 171 cm³/mol. The second-order valence-corrected chi connectivity index (χ2v) is 11.3. The predicted octanol–water partition coefficient (Wildman–Crippen LogP) is 3.46. The van der Waals surface area contributed by atoms with Crippen molar-refractivity contribution >= 4 is 23.6 Å². The van der Waals surface area contributed by atoms with E-state index in [1.807, 2.05) is 54.6 Å². The molecule has 10 heteroatoms. The number of likely N-dealkylation sites (N-methyl/N-ethyl adjacent to an activating group) is 1. The average molecular weight is 615 g/mol. The van der Waals surface area contributed by atoms with Gasteiger partial charge in [0.25, 0.3) is 5.91 Å². The number of nitrogens with one attached hydrogen (secondary N) is 3. The molecule has 3 aromatic rings. The second kappa shape index (κ2) is 16.3. The maximum atomic E-state index is 13.4. The highest BCUT2D eigenvalue weighted by atomic mass is 16.5. The van der Waals surface area contributed by atoms with Gasteiger partial charge in [-0.2, -0.15) is 0 Å². The molecule has 45 heavy (non-hydrogen) atoms. The van der Waals surface area contributed by atoms with Crippen LogP contribution in [0, 0.1) is 0 Å². The summed E-state index contributed by atoms with van der Waals surface area (Å²) in [4.78, 5) is 54.7. The molecule has 0 aliphatic carbocycles. The highest BCUT2D eigenvalue weighted by molar-refractivity contribution is 5.99. The van der Waals surface area contributed by atoms with Gasteiger partial charge in [-0.15, -0.1) is 0 Å². The smallest absolute Gasteiger partial charge is 0.255 e. The molecule has 0 unspecified atom stereocenters. The van der Waals surface area contributed by atoms with Crippen LogP contribution >= 0.6 is 0 Å². The number of ether oxygens (including phenoxy) is 2. The quantitative estimate of drug-likeness (QED) is 0.334. The van der Waals surface area contributed by atoms with Crippen LogP contribution in [0.4, 0.5) is 0 Å². The van der Waals surface area contributed by atoms with Crippen molar-refractivity contribution in [2.45, 2.75) is 51.1 Å². The third-order valence-corrected chi connectivity index (χ3v) is 7.61. The minimum atomic E-state index is -1.02. The minimum absolute atomic E-state index is 0.0199. The van der Waals surface area contributed by atoms with Gasteiger partial charge in [-0.25, -0.2) is 0 Å².